The average Bonchev–Trinajstić information content (AvgIpc) is 2.67. The van der Waals surface area contributed by atoms with E-state index in [-0.39, 0.29) is 18.2 Å². The standard InChI is InChI=1S/C20H22F4N2O2/c21-16-3-5-17(6-4-16)26-11-9-25(10-12-26)13-18(27)14-28-19-7-1-15(2-8-19)20(22,23)24/h1-8,18,27H,9-14H2/t18-/m0/s1. The van der Waals surface area contributed by atoms with Crippen LogP contribution in [0.1, 0.15) is 5.56 Å². The fourth-order valence-electron chi connectivity index (χ4n) is 3.12. The molecule has 28 heavy (non-hydrogen) atoms. The first-order chi connectivity index (χ1) is 13.3. The molecule has 0 spiro atoms. The third kappa shape index (κ3) is 5.59. The van der Waals surface area contributed by atoms with Crippen molar-refractivity contribution in [3.8, 4) is 5.75 Å². The van der Waals surface area contributed by atoms with Gasteiger partial charge in [0.1, 0.15) is 24.3 Å². The van der Waals surface area contributed by atoms with Crippen LogP contribution in [0.25, 0.3) is 0 Å². The summed E-state index contributed by atoms with van der Waals surface area (Å²) in [6.45, 7) is 3.43. The number of benzene rings is 2. The molecule has 1 N–H and O–H groups in total. The molecule has 0 radical (unpaired) electrons. The van der Waals surface area contributed by atoms with Gasteiger partial charge < -0.3 is 14.7 Å². The molecular formula is C20H22F4N2O2. The van der Waals surface area contributed by atoms with Gasteiger partial charge in [0.15, 0.2) is 0 Å². The van der Waals surface area contributed by atoms with Gasteiger partial charge in [0, 0.05) is 38.4 Å². The molecule has 1 heterocycles. The Bertz CT molecular complexity index is 742. The Kier molecular flexibility index (Phi) is 6.41. The van der Waals surface area contributed by atoms with Crippen LogP contribution in [0.4, 0.5) is 23.2 Å². The second kappa shape index (κ2) is 8.79. The van der Waals surface area contributed by atoms with Gasteiger partial charge in [-0.25, -0.2) is 4.39 Å². The highest BCUT2D eigenvalue weighted by atomic mass is 19.4. The number of nitrogens with zero attached hydrogens (tertiary/aromatic N) is 2. The summed E-state index contributed by atoms with van der Waals surface area (Å²) in [5, 5.41) is 10.2. The van der Waals surface area contributed by atoms with E-state index in [9.17, 15) is 22.7 Å². The quantitative estimate of drug-likeness (QED) is 0.757. The van der Waals surface area contributed by atoms with Crippen molar-refractivity contribution in [3.05, 3.63) is 59.9 Å². The first-order valence-electron chi connectivity index (χ1n) is 9.02. The Morgan fingerprint density at radius 2 is 1.54 bits per heavy atom. The van der Waals surface area contributed by atoms with Crippen LogP contribution in [0.5, 0.6) is 5.75 Å². The highest BCUT2D eigenvalue weighted by Gasteiger charge is 2.30. The first kappa shape index (κ1) is 20.4. The number of hydrogen-bond donors (Lipinski definition) is 1. The van der Waals surface area contributed by atoms with Crippen molar-refractivity contribution in [2.75, 3.05) is 44.2 Å². The van der Waals surface area contributed by atoms with Crippen LogP contribution < -0.4 is 9.64 Å². The number of hydrogen-bond acceptors (Lipinski definition) is 4. The first-order valence-corrected chi connectivity index (χ1v) is 9.02. The van der Waals surface area contributed by atoms with Crippen LogP contribution >= 0.6 is 0 Å². The average molecular weight is 398 g/mol. The van der Waals surface area contributed by atoms with E-state index in [2.05, 4.69) is 9.80 Å². The molecular weight excluding hydrogens is 376 g/mol. The van der Waals surface area contributed by atoms with Crippen LogP contribution in [0.3, 0.4) is 0 Å². The third-order valence-electron chi connectivity index (χ3n) is 4.66. The summed E-state index contributed by atoms with van der Waals surface area (Å²) in [6, 6.07) is 10.8. The molecule has 0 unspecified atom stereocenters. The van der Waals surface area contributed by atoms with Gasteiger partial charge in [-0.1, -0.05) is 0 Å². The van der Waals surface area contributed by atoms with Crippen molar-refractivity contribution >= 4 is 5.69 Å². The third-order valence-corrected chi connectivity index (χ3v) is 4.66. The number of piperazine rings is 1. The minimum absolute atomic E-state index is 0.00351. The number of halogens is 4. The van der Waals surface area contributed by atoms with Gasteiger partial charge in [0.2, 0.25) is 0 Å². The molecule has 2 aromatic carbocycles. The number of anilines is 1. The number of aliphatic hydroxyl groups excluding tert-OH is 1. The molecule has 0 saturated carbocycles. The Hall–Kier alpha value is -2.32. The van der Waals surface area contributed by atoms with Gasteiger partial charge in [-0.15, -0.1) is 0 Å². The highest BCUT2D eigenvalue weighted by Crippen LogP contribution is 2.30. The topological polar surface area (TPSA) is 35.9 Å². The van der Waals surface area contributed by atoms with E-state index in [0.29, 0.717) is 6.54 Å². The number of aliphatic hydroxyl groups is 1. The van der Waals surface area contributed by atoms with Crippen LogP contribution in [0, 0.1) is 5.82 Å². The summed E-state index contributed by atoms with van der Waals surface area (Å²) in [4.78, 5) is 4.25. The Morgan fingerprint density at radius 1 is 0.929 bits per heavy atom. The molecule has 1 aliphatic heterocycles. The molecule has 3 rings (SSSR count). The van der Waals surface area contributed by atoms with Crippen molar-refractivity contribution in [3.63, 3.8) is 0 Å². The second-order valence-corrected chi connectivity index (χ2v) is 6.75. The van der Waals surface area contributed by atoms with Gasteiger partial charge in [-0.2, -0.15) is 13.2 Å². The van der Waals surface area contributed by atoms with Crippen molar-refractivity contribution in [2.45, 2.75) is 12.3 Å². The highest BCUT2D eigenvalue weighted by molar-refractivity contribution is 5.46. The SMILES string of the molecule is O[C@H](COc1ccc(C(F)(F)F)cc1)CN1CCN(c2ccc(F)cc2)CC1. The molecule has 1 aliphatic rings. The van der Waals surface area contributed by atoms with Crippen molar-refractivity contribution < 1.29 is 27.4 Å². The van der Waals surface area contributed by atoms with Crippen LogP contribution in [0.15, 0.2) is 48.5 Å². The summed E-state index contributed by atoms with van der Waals surface area (Å²) < 4.78 is 56.0. The molecule has 0 aliphatic carbocycles. The molecule has 2 aromatic rings. The summed E-state index contributed by atoms with van der Waals surface area (Å²) in [7, 11) is 0. The minimum atomic E-state index is -4.38. The maximum Gasteiger partial charge on any atom is 0.416 e. The van der Waals surface area contributed by atoms with E-state index >= 15 is 0 Å². The zero-order valence-corrected chi connectivity index (χ0v) is 15.2. The summed E-state index contributed by atoms with van der Waals surface area (Å²) >= 11 is 0. The van der Waals surface area contributed by atoms with Crippen molar-refractivity contribution in [1.29, 1.82) is 0 Å². The molecule has 1 saturated heterocycles. The van der Waals surface area contributed by atoms with Crippen molar-refractivity contribution in [1.82, 2.24) is 4.90 Å². The number of alkyl halides is 3. The zero-order chi connectivity index (χ0) is 20.1. The fourth-order valence-corrected chi connectivity index (χ4v) is 3.12. The summed E-state index contributed by atoms with van der Waals surface area (Å²) in [6.07, 6.45) is -5.13. The Labute approximate surface area is 160 Å². The predicted molar refractivity (Wildman–Crippen MR) is 98.0 cm³/mol. The maximum absolute atomic E-state index is 13.0. The smallest absolute Gasteiger partial charge is 0.416 e. The lowest BCUT2D eigenvalue weighted by molar-refractivity contribution is -0.137. The van der Waals surface area contributed by atoms with Crippen LogP contribution in [-0.2, 0) is 6.18 Å². The number of ether oxygens (including phenoxy) is 1. The van der Waals surface area contributed by atoms with Crippen LogP contribution in [0.2, 0.25) is 0 Å². The molecule has 152 valence electrons. The fraction of sp³-hybridized carbons (Fsp3) is 0.400. The molecule has 1 atom stereocenters. The number of β-amino-alcohol motifs (C(OH)–C–C–N with tert-alkyl or cyclic N) is 1. The van der Waals surface area contributed by atoms with Crippen molar-refractivity contribution in [2.24, 2.45) is 0 Å². The van der Waals surface area contributed by atoms with E-state index in [1.165, 1.54) is 24.3 Å². The van der Waals surface area contributed by atoms with E-state index in [0.717, 1.165) is 44.0 Å². The monoisotopic (exact) mass is 398 g/mol. The van der Waals surface area contributed by atoms with Gasteiger partial charge in [0.05, 0.1) is 5.56 Å². The molecule has 4 nitrogen and oxygen atoms in total. The number of rotatable bonds is 6. The summed E-state index contributed by atoms with van der Waals surface area (Å²) in [5.41, 5.74) is 0.228. The molecule has 0 amide bonds. The van der Waals surface area contributed by atoms with Crippen LogP contribution in [-0.4, -0.2) is 55.4 Å². The largest absolute Gasteiger partial charge is 0.491 e. The summed E-state index contributed by atoms with van der Waals surface area (Å²) in [5.74, 6) is 0.0201. The van der Waals surface area contributed by atoms with E-state index in [1.807, 2.05) is 0 Å². The lowest BCUT2D eigenvalue weighted by Gasteiger charge is -2.36. The molecule has 8 heteroatoms. The van der Waals surface area contributed by atoms with Gasteiger partial charge in [-0.3, -0.25) is 4.90 Å². The maximum atomic E-state index is 13.0. The molecule has 1 fully saturated rings. The second-order valence-electron chi connectivity index (χ2n) is 6.75. The lowest BCUT2D eigenvalue weighted by Crippen LogP contribution is -2.49. The van der Waals surface area contributed by atoms with Gasteiger partial charge >= 0.3 is 6.18 Å². The predicted octanol–water partition coefficient (Wildman–Crippen LogP) is 3.41. The minimum Gasteiger partial charge on any atom is -0.491 e. The lowest BCUT2D eigenvalue weighted by atomic mass is 10.2. The molecule has 0 bridgehead atoms. The Balaban J connectivity index is 1.41. The van der Waals surface area contributed by atoms with E-state index < -0.39 is 17.8 Å². The van der Waals surface area contributed by atoms with Gasteiger partial charge in [-0.05, 0) is 48.5 Å². The molecule has 0 aromatic heterocycles. The normalized spacial score (nSPS) is 16.8. The Morgan fingerprint density at radius 3 is 2.11 bits per heavy atom. The van der Waals surface area contributed by atoms with E-state index in [4.69, 9.17) is 4.74 Å². The van der Waals surface area contributed by atoms with E-state index in [1.54, 1.807) is 12.1 Å². The van der Waals surface area contributed by atoms with Gasteiger partial charge in [0.25, 0.3) is 0 Å². The zero-order valence-electron chi connectivity index (χ0n) is 15.2.